The molecule has 0 saturated heterocycles. The van der Waals surface area contributed by atoms with E-state index in [1.807, 2.05) is 49.5 Å². The average Bonchev–Trinajstić information content (AvgIpc) is 3.65. The summed E-state index contributed by atoms with van der Waals surface area (Å²) in [5, 5.41) is 8.35. The van der Waals surface area contributed by atoms with Gasteiger partial charge in [0, 0.05) is 36.1 Å². The molecular weight excluding hydrogens is 557 g/mol. The molecule has 0 unspecified atom stereocenters. The quantitative estimate of drug-likeness (QED) is 0.186. The summed E-state index contributed by atoms with van der Waals surface area (Å²) in [7, 11) is 3.93. The Hall–Kier alpha value is -4.83. The first-order valence-electron chi connectivity index (χ1n) is 15.0. The summed E-state index contributed by atoms with van der Waals surface area (Å²) in [6.07, 6.45) is 9.73. The van der Waals surface area contributed by atoms with E-state index in [0.717, 1.165) is 47.2 Å². The molecule has 0 spiro atoms. The van der Waals surface area contributed by atoms with Crippen LogP contribution in [0.15, 0.2) is 67.0 Å². The number of benzene rings is 2. The van der Waals surface area contributed by atoms with Crippen LogP contribution in [0.1, 0.15) is 32.1 Å². The Labute approximate surface area is 254 Å². The van der Waals surface area contributed by atoms with E-state index < -0.39 is 0 Å². The van der Waals surface area contributed by atoms with Crippen molar-refractivity contribution in [3.05, 3.63) is 72.8 Å². The Balaban J connectivity index is 1.21. The lowest BCUT2D eigenvalue weighted by molar-refractivity contribution is 0.155. The highest BCUT2D eigenvalue weighted by Gasteiger charge is 2.18. The normalized spacial score (nSPS) is 14.1. The fourth-order valence-corrected chi connectivity index (χ4v) is 5.78. The van der Waals surface area contributed by atoms with Crippen molar-refractivity contribution in [1.29, 1.82) is 0 Å². The summed E-state index contributed by atoms with van der Waals surface area (Å²) in [5.41, 5.74) is 5.87. The number of hydrogen-bond donors (Lipinski definition) is 2. The van der Waals surface area contributed by atoms with Crippen LogP contribution in [0.2, 0.25) is 0 Å². The number of halogens is 1. The summed E-state index contributed by atoms with van der Waals surface area (Å²) in [4.78, 5) is 19.3. The molecule has 9 nitrogen and oxygen atoms in total. The number of H-pyrrole nitrogens is 2. The van der Waals surface area contributed by atoms with E-state index in [1.54, 1.807) is 6.20 Å². The summed E-state index contributed by atoms with van der Waals surface area (Å²) in [6.45, 7) is 1.18. The molecule has 1 saturated carbocycles. The van der Waals surface area contributed by atoms with Gasteiger partial charge in [-0.2, -0.15) is 5.10 Å². The van der Waals surface area contributed by atoms with Gasteiger partial charge >= 0.3 is 0 Å². The van der Waals surface area contributed by atoms with Crippen molar-refractivity contribution in [1.82, 2.24) is 35.0 Å². The Morgan fingerprint density at radius 3 is 2.64 bits per heavy atom. The standard InChI is InChI=1S/C34H34FN7O2/c1-42(2)13-14-43-27-17-22(15-24(35)19-27)28-11-12-36-33-30(28)38-34(39-33)31-29-18-23(20-37-32(29)41-40-31)21-7-6-10-26(16-21)44-25-8-4-3-5-9-25/h6-7,10-12,15-20,25H,3-5,8-9,13-14H2,1-2H3,(H,36,38,39)(H,37,40,41). The molecule has 6 aromatic rings. The monoisotopic (exact) mass is 591 g/mol. The van der Waals surface area contributed by atoms with Crippen LogP contribution in [0.5, 0.6) is 11.5 Å². The number of rotatable bonds is 9. The number of nitrogens with zero attached hydrogens (tertiary/aromatic N) is 5. The molecule has 0 radical (unpaired) electrons. The van der Waals surface area contributed by atoms with Gasteiger partial charge in [0.15, 0.2) is 17.1 Å². The van der Waals surface area contributed by atoms with Crippen LogP contribution in [0.25, 0.3) is 56.0 Å². The molecule has 1 fully saturated rings. The van der Waals surface area contributed by atoms with Crippen molar-refractivity contribution < 1.29 is 13.9 Å². The number of aromatic nitrogens is 6. The summed E-state index contributed by atoms with van der Waals surface area (Å²) >= 11 is 0. The molecule has 10 heteroatoms. The molecule has 0 aliphatic heterocycles. The van der Waals surface area contributed by atoms with E-state index in [0.29, 0.717) is 46.2 Å². The molecule has 2 N–H and O–H groups in total. The number of ether oxygens (including phenoxy) is 2. The van der Waals surface area contributed by atoms with Crippen LogP contribution in [0, 0.1) is 5.82 Å². The highest BCUT2D eigenvalue weighted by Crippen LogP contribution is 2.34. The van der Waals surface area contributed by atoms with Gasteiger partial charge < -0.3 is 19.4 Å². The molecule has 44 heavy (non-hydrogen) atoms. The van der Waals surface area contributed by atoms with Gasteiger partial charge in [-0.05, 0) is 87.3 Å². The number of fused-ring (bicyclic) bond motifs is 2. The zero-order chi connectivity index (χ0) is 30.0. The summed E-state index contributed by atoms with van der Waals surface area (Å²) in [5.74, 6) is 1.53. The van der Waals surface area contributed by atoms with Gasteiger partial charge in [0.2, 0.25) is 0 Å². The SMILES string of the molecule is CN(C)CCOc1cc(F)cc(-c2ccnc3nc(-c4[nH]nc5ncc(-c6cccc(OC7CCCCC7)c6)cc45)[nH]c23)c1. The molecule has 224 valence electrons. The van der Waals surface area contributed by atoms with Gasteiger partial charge in [-0.15, -0.1) is 0 Å². The van der Waals surface area contributed by atoms with Crippen molar-refractivity contribution in [2.45, 2.75) is 38.2 Å². The minimum atomic E-state index is -0.376. The number of aromatic amines is 2. The van der Waals surface area contributed by atoms with Gasteiger partial charge in [-0.25, -0.2) is 19.3 Å². The maximum atomic E-state index is 14.7. The zero-order valence-corrected chi connectivity index (χ0v) is 24.8. The van der Waals surface area contributed by atoms with E-state index in [1.165, 1.54) is 31.4 Å². The largest absolute Gasteiger partial charge is 0.492 e. The second-order valence-electron chi connectivity index (χ2n) is 11.6. The Bertz CT molecular complexity index is 1930. The number of pyridine rings is 2. The maximum absolute atomic E-state index is 14.7. The number of imidazole rings is 1. The van der Waals surface area contributed by atoms with E-state index in [2.05, 4.69) is 43.3 Å². The number of likely N-dealkylation sites (N-methyl/N-ethyl adjacent to an activating group) is 1. The van der Waals surface area contributed by atoms with Gasteiger partial charge in [0.1, 0.15) is 29.6 Å². The highest BCUT2D eigenvalue weighted by atomic mass is 19.1. The molecular formula is C34H34FN7O2. The molecule has 2 aromatic carbocycles. The molecule has 0 bridgehead atoms. The third-order valence-electron chi connectivity index (χ3n) is 8.05. The van der Waals surface area contributed by atoms with Gasteiger partial charge in [0.25, 0.3) is 0 Å². The van der Waals surface area contributed by atoms with E-state index >= 15 is 0 Å². The van der Waals surface area contributed by atoms with Crippen molar-refractivity contribution in [3.8, 4) is 45.3 Å². The van der Waals surface area contributed by atoms with Crippen LogP contribution in [0.4, 0.5) is 4.39 Å². The van der Waals surface area contributed by atoms with Crippen molar-refractivity contribution in [2.24, 2.45) is 0 Å². The van der Waals surface area contributed by atoms with Crippen LogP contribution in [0.3, 0.4) is 0 Å². The maximum Gasteiger partial charge on any atom is 0.181 e. The smallest absolute Gasteiger partial charge is 0.181 e. The molecule has 0 amide bonds. The molecule has 4 aromatic heterocycles. The second-order valence-corrected chi connectivity index (χ2v) is 11.6. The lowest BCUT2D eigenvalue weighted by Gasteiger charge is -2.23. The van der Waals surface area contributed by atoms with Gasteiger partial charge in [0.05, 0.1) is 17.0 Å². The first-order chi connectivity index (χ1) is 21.5. The molecule has 4 heterocycles. The van der Waals surface area contributed by atoms with Gasteiger partial charge in [-0.1, -0.05) is 18.6 Å². The van der Waals surface area contributed by atoms with Crippen LogP contribution < -0.4 is 9.47 Å². The Kier molecular flexibility index (Phi) is 7.66. The summed E-state index contributed by atoms with van der Waals surface area (Å²) < 4.78 is 26.8. The minimum absolute atomic E-state index is 0.279. The van der Waals surface area contributed by atoms with Crippen LogP contribution >= 0.6 is 0 Å². The topological polar surface area (TPSA) is 105 Å². The molecule has 1 aliphatic carbocycles. The predicted octanol–water partition coefficient (Wildman–Crippen LogP) is 7.02. The molecule has 1 aliphatic rings. The first kappa shape index (κ1) is 28.0. The van der Waals surface area contributed by atoms with Crippen LogP contribution in [-0.2, 0) is 0 Å². The fraction of sp³-hybridized carbons (Fsp3) is 0.294. The van der Waals surface area contributed by atoms with Gasteiger partial charge in [-0.3, -0.25) is 5.10 Å². The zero-order valence-electron chi connectivity index (χ0n) is 24.8. The number of nitrogens with one attached hydrogen (secondary N) is 2. The lowest BCUT2D eigenvalue weighted by atomic mass is 9.98. The average molecular weight is 592 g/mol. The van der Waals surface area contributed by atoms with Crippen LogP contribution in [-0.4, -0.2) is 68.4 Å². The van der Waals surface area contributed by atoms with E-state index in [4.69, 9.17) is 14.5 Å². The lowest BCUT2D eigenvalue weighted by Crippen LogP contribution is -2.19. The third-order valence-corrected chi connectivity index (χ3v) is 8.05. The first-order valence-corrected chi connectivity index (χ1v) is 15.0. The predicted molar refractivity (Wildman–Crippen MR) is 169 cm³/mol. The third kappa shape index (κ3) is 5.85. The molecule has 7 rings (SSSR count). The number of hydrogen-bond acceptors (Lipinski definition) is 7. The van der Waals surface area contributed by atoms with Crippen molar-refractivity contribution in [2.75, 3.05) is 27.2 Å². The van der Waals surface area contributed by atoms with Crippen molar-refractivity contribution in [3.63, 3.8) is 0 Å². The van der Waals surface area contributed by atoms with Crippen molar-refractivity contribution >= 4 is 22.2 Å². The minimum Gasteiger partial charge on any atom is -0.492 e. The van der Waals surface area contributed by atoms with E-state index in [9.17, 15) is 4.39 Å². The highest BCUT2D eigenvalue weighted by molar-refractivity contribution is 5.96. The van der Waals surface area contributed by atoms with E-state index in [-0.39, 0.29) is 11.9 Å². The summed E-state index contributed by atoms with van der Waals surface area (Å²) in [6, 6.07) is 16.8. The second kappa shape index (κ2) is 12.0. The Morgan fingerprint density at radius 2 is 1.77 bits per heavy atom. The molecule has 0 atom stereocenters. The fourth-order valence-electron chi connectivity index (χ4n) is 5.78. The Morgan fingerprint density at radius 1 is 0.909 bits per heavy atom.